The zero-order valence-corrected chi connectivity index (χ0v) is 13.1. The third kappa shape index (κ3) is 5.10. The van der Waals surface area contributed by atoms with Crippen molar-refractivity contribution in [3.05, 3.63) is 65.7 Å². The van der Waals surface area contributed by atoms with E-state index in [2.05, 4.69) is 10.6 Å². The largest absolute Gasteiger partial charge is 0.507 e. The van der Waals surface area contributed by atoms with Gasteiger partial charge in [-0.2, -0.15) is 0 Å². The van der Waals surface area contributed by atoms with Crippen molar-refractivity contribution >= 4 is 11.9 Å². The lowest BCUT2D eigenvalue weighted by atomic mass is 10.1. The van der Waals surface area contributed by atoms with E-state index in [1.165, 1.54) is 12.1 Å². The highest BCUT2D eigenvalue weighted by molar-refractivity contribution is 5.96. The van der Waals surface area contributed by atoms with E-state index in [1.54, 1.807) is 12.1 Å². The Morgan fingerprint density at radius 3 is 2.29 bits per heavy atom. The highest BCUT2D eigenvalue weighted by atomic mass is 16.4. The van der Waals surface area contributed by atoms with Crippen LogP contribution in [0.15, 0.2) is 54.6 Å². The number of benzene rings is 2. The standard InChI is InChI=1S/C18H20N2O4/c21-16-9-5-4-8-14(16)17(22)20-11-10-19-15(18(23)24)12-13-6-2-1-3-7-13/h1-9,15,19,21H,10-12H2,(H,20,22)(H,23,24)/t15-/m0/s1. The lowest BCUT2D eigenvalue weighted by Gasteiger charge is -2.15. The molecular formula is C18H20N2O4. The van der Waals surface area contributed by atoms with Crippen LogP contribution in [0.2, 0.25) is 0 Å². The average molecular weight is 328 g/mol. The smallest absolute Gasteiger partial charge is 0.321 e. The first-order chi connectivity index (χ1) is 11.6. The Balaban J connectivity index is 1.80. The van der Waals surface area contributed by atoms with E-state index < -0.39 is 17.9 Å². The number of aliphatic carboxylic acids is 1. The third-order valence-corrected chi connectivity index (χ3v) is 3.53. The molecule has 0 saturated heterocycles. The van der Waals surface area contributed by atoms with Gasteiger partial charge >= 0.3 is 5.97 Å². The summed E-state index contributed by atoms with van der Waals surface area (Å²) >= 11 is 0. The molecule has 1 atom stereocenters. The van der Waals surface area contributed by atoms with Crippen molar-refractivity contribution in [3.63, 3.8) is 0 Å². The van der Waals surface area contributed by atoms with Gasteiger partial charge < -0.3 is 20.8 Å². The molecule has 126 valence electrons. The number of amides is 1. The Hall–Kier alpha value is -2.86. The number of carbonyl (C=O) groups excluding carboxylic acids is 1. The summed E-state index contributed by atoms with van der Waals surface area (Å²) < 4.78 is 0. The van der Waals surface area contributed by atoms with Gasteiger partial charge in [0.1, 0.15) is 11.8 Å². The van der Waals surface area contributed by atoms with Crippen LogP contribution in [0.1, 0.15) is 15.9 Å². The quantitative estimate of drug-likeness (QED) is 0.549. The van der Waals surface area contributed by atoms with E-state index in [0.717, 1.165) is 5.56 Å². The van der Waals surface area contributed by atoms with Crippen molar-refractivity contribution in [1.29, 1.82) is 0 Å². The fraction of sp³-hybridized carbons (Fsp3) is 0.222. The van der Waals surface area contributed by atoms with Gasteiger partial charge in [-0.3, -0.25) is 9.59 Å². The minimum absolute atomic E-state index is 0.0875. The van der Waals surface area contributed by atoms with Gasteiger partial charge in [0.15, 0.2) is 0 Å². The molecule has 0 bridgehead atoms. The molecule has 6 heteroatoms. The first-order valence-corrected chi connectivity index (χ1v) is 7.64. The van der Waals surface area contributed by atoms with Crippen molar-refractivity contribution < 1.29 is 19.8 Å². The lowest BCUT2D eigenvalue weighted by molar-refractivity contribution is -0.139. The van der Waals surface area contributed by atoms with Crippen LogP contribution in [0, 0.1) is 0 Å². The molecule has 2 aromatic carbocycles. The second-order valence-electron chi connectivity index (χ2n) is 5.31. The molecule has 0 heterocycles. The molecule has 1 amide bonds. The molecule has 4 N–H and O–H groups in total. The number of carbonyl (C=O) groups is 2. The number of phenolic OH excluding ortho intramolecular Hbond substituents is 1. The highest BCUT2D eigenvalue weighted by Crippen LogP contribution is 2.14. The third-order valence-electron chi connectivity index (χ3n) is 3.53. The van der Waals surface area contributed by atoms with Gasteiger partial charge in [0, 0.05) is 13.1 Å². The van der Waals surface area contributed by atoms with Crippen LogP contribution in [0.4, 0.5) is 0 Å². The van der Waals surface area contributed by atoms with E-state index in [1.807, 2.05) is 30.3 Å². The Morgan fingerprint density at radius 2 is 1.62 bits per heavy atom. The molecule has 2 aromatic rings. The first-order valence-electron chi connectivity index (χ1n) is 7.64. The van der Waals surface area contributed by atoms with E-state index in [4.69, 9.17) is 0 Å². The van der Waals surface area contributed by atoms with Crippen LogP contribution < -0.4 is 10.6 Å². The van der Waals surface area contributed by atoms with Crippen molar-refractivity contribution in [1.82, 2.24) is 10.6 Å². The van der Waals surface area contributed by atoms with Crippen LogP contribution in [0.3, 0.4) is 0 Å². The molecule has 6 nitrogen and oxygen atoms in total. The Labute approximate surface area is 140 Å². The molecule has 24 heavy (non-hydrogen) atoms. The van der Waals surface area contributed by atoms with Gasteiger partial charge in [-0.25, -0.2) is 0 Å². The number of carboxylic acid groups (broad SMARTS) is 1. The second-order valence-corrected chi connectivity index (χ2v) is 5.31. The zero-order chi connectivity index (χ0) is 17.4. The zero-order valence-electron chi connectivity index (χ0n) is 13.1. The molecule has 0 spiro atoms. The number of hydrogen-bond donors (Lipinski definition) is 4. The molecule has 0 aromatic heterocycles. The molecule has 0 aliphatic carbocycles. The summed E-state index contributed by atoms with van der Waals surface area (Å²) in [5.74, 6) is -1.42. The second kappa shape index (κ2) is 8.69. The van der Waals surface area contributed by atoms with E-state index >= 15 is 0 Å². The van der Waals surface area contributed by atoms with Crippen molar-refractivity contribution in [2.24, 2.45) is 0 Å². The van der Waals surface area contributed by atoms with Crippen LogP contribution >= 0.6 is 0 Å². The van der Waals surface area contributed by atoms with E-state index in [0.29, 0.717) is 13.0 Å². The molecule has 0 fully saturated rings. The monoisotopic (exact) mass is 328 g/mol. The highest BCUT2D eigenvalue weighted by Gasteiger charge is 2.17. The van der Waals surface area contributed by atoms with Crippen molar-refractivity contribution in [2.75, 3.05) is 13.1 Å². The van der Waals surface area contributed by atoms with Crippen molar-refractivity contribution in [3.8, 4) is 5.75 Å². The lowest BCUT2D eigenvalue weighted by Crippen LogP contribution is -2.42. The summed E-state index contributed by atoms with van der Waals surface area (Å²) in [6.45, 7) is 0.564. The minimum Gasteiger partial charge on any atom is -0.507 e. The van der Waals surface area contributed by atoms with Crippen LogP contribution in [-0.2, 0) is 11.2 Å². The topological polar surface area (TPSA) is 98.7 Å². The average Bonchev–Trinajstić information content (AvgIpc) is 2.58. The Morgan fingerprint density at radius 1 is 0.958 bits per heavy atom. The first kappa shape index (κ1) is 17.5. The van der Waals surface area contributed by atoms with Crippen LogP contribution in [0.25, 0.3) is 0 Å². The molecular weight excluding hydrogens is 308 g/mol. The minimum atomic E-state index is -0.939. The summed E-state index contributed by atoms with van der Waals surface area (Å²) in [6, 6.07) is 14.9. The van der Waals surface area contributed by atoms with Gasteiger partial charge in [-0.05, 0) is 24.1 Å². The summed E-state index contributed by atoms with van der Waals surface area (Å²) in [5.41, 5.74) is 1.12. The SMILES string of the molecule is O=C(NCCN[C@@H](Cc1ccccc1)C(=O)O)c1ccccc1O. The molecule has 0 unspecified atom stereocenters. The molecule has 0 aliphatic rings. The normalized spacial score (nSPS) is 11.7. The fourth-order valence-electron chi connectivity index (χ4n) is 2.28. The molecule has 0 aliphatic heterocycles. The number of aromatic hydroxyl groups is 1. The van der Waals surface area contributed by atoms with Gasteiger partial charge in [-0.1, -0.05) is 42.5 Å². The van der Waals surface area contributed by atoms with Crippen LogP contribution in [-0.4, -0.2) is 41.2 Å². The summed E-state index contributed by atoms with van der Waals surface area (Å²) in [7, 11) is 0. The van der Waals surface area contributed by atoms with E-state index in [-0.39, 0.29) is 17.9 Å². The summed E-state index contributed by atoms with van der Waals surface area (Å²) in [5, 5.41) is 24.4. The fourth-order valence-corrected chi connectivity index (χ4v) is 2.28. The van der Waals surface area contributed by atoms with Gasteiger partial charge in [-0.15, -0.1) is 0 Å². The number of para-hydroxylation sites is 1. The van der Waals surface area contributed by atoms with Crippen molar-refractivity contribution in [2.45, 2.75) is 12.5 Å². The molecule has 0 saturated carbocycles. The van der Waals surface area contributed by atoms with Gasteiger partial charge in [0.25, 0.3) is 5.91 Å². The maximum Gasteiger partial charge on any atom is 0.321 e. The summed E-state index contributed by atoms with van der Waals surface area (Å²) in [4.78, 5) is 23.2. The summed E-state index contributed by atoms with van der Waals surface area (Å²) in [6.07, 6.45) is 0.365. The number of phenols is 1. The van der Waals surface area contributed by atoms with Gasteiger partial charge in [0.05, 0.1) is 5.56 Å². The number of hydrogen-bond acceptors (Lipinski definition) is 4. The van der Waals surface area contributed by atoms with E-state index in [9.17, 15) is 19.8 Å². The maximum atomic E-state index is 11.9. The van der Waals surface area contributed by atoms with Gasteiger partial charge in [0.2, 0.25) is 0 Å². The number of nitrogens with one attached hydrogen (secondary N) is 2. The predicted octanol–water partition coefficient (Wildman–Crippen LogP) is 1.41. The Bertz CT molecular complexity index is 688. The molecule has 2 rings (SSSR count). The Kier molecular flexibility index (Phi) is 6.33. The maximum absolute atomic E-state index is 11.9. The number of rotatable bonds is 8. The molecule has 0 radical (unpaired) electrons. The number of carboxylic acids is 1. The van der Waals surface area contributed by atoms with Crippen LogP contribution in [0.5, 0.6) is 5.75 Å². The predicted molar refractivity (Wildman–Crippen MR) is 90.0 cm³/mol.